The van der Waals surface area contributed by atoms with Gasteiger partial charge < -0.3 is 0 Å². The number of rotatable bonds is 4. The summed E-state index contributed by atoms with van der Waals surface area (Å²) in [6, 6.07) is 52.2. The highest BCUT2D eigenvalue weighted by Crippen LogP contribution is 2.44. The van der Waals surface area contributed by atoms with E-state index < -0.39 is 0 Å². The smallest absolute Gasteiger partial charge is 0.124 e. The number of hydrogen-bond donors (Lipinski definition) is 0. The van der Waals surface area contributed by atoms with Gasteiger partial charge in [-0.1, -0.05) is 121 Å². The van der Waals surface area contributed by atoms with Crippen molar-refractivity contribution in [2.45, 2.75) is 0 Å². The Morgan fingerprint density at radius 1 is 0.318 bits per heavy atom. The third-order valence-electron chi connectivity index (χ3n) is 8.36. The second kappa shape index (κ2) is 10.2. The number of fused-ring (bicyclic) bond motifs is 4. The van der Waals surface area contributed by atoms with Crippen molar-refractivity contribution in [1.29, 1.82) is 0 Å². The fraction of sp³-hybridized carbons (Fsp3) is 0. The summed E-state index contributed by atoms with van der Waals surface area (Å²) in [5.41, 5.74) is 9.35. The lowest BCUT2D eigenvalue weighted by molar-refractivity contribution is 1.48. The van der Waals surface area contributed by atoms with Crippen molar-refractivity contribution in [3.63, 3.8) is 0 Å². The maximum Gasteiger partial charge on any atom is 0.124 e. The van der Waals surface area contributed by atoms with Gasteiger partial charge in [0.2, 0.25) is 0 Å². The Labute approximate surface area is 262 Å². The summed E-state index contributed by atoms with van der Waals surface area (Å²) in [5.74, 6) is 0. The van der Waals surface area contributed by atoms with E-state index in [1.807, 2.05) is 12.1 Å². The summed E-state index contributed by atoms with van der Waals surface area (Å²) < 4.78 is 2.43. The quantitative estimate of drug-likeness (QED) is 0.189. The summed E-state index contributed by atoms with van der Waals surface area (Å²) in [6.45, 7) is 0. The molecule has 2 nitrogen and oxygen atoms in total. The molecule has 0 aliphatic heterocycles. The molecule has 9 aromatic rings. The average molecular weight is 597 g/mol. The number of thiazole rings is 2. The molecular weight excluding hydrogens is 573 g/mol. The number of hydrogen-bond acceptors (Lipinski definition) is 4. The van der Waals surface area contributed by atoms with Crippen molar-refractivity contribution in [3.8, 4) is 43.4 Å². The van der Waals surface area contributed by atoms with Gasteiger partial charge in [-0.3, -0.25) is 0 Å². The Morgan fingerprint density at radius 3 is 1.00 bits per heavy atom. The molecule has 206 valence electrons. The van der Waals surface area contributed by atoms with Gasteiger partial charge in [-0.15, -0.1) is 22.7 Å². The van der Waals surface area contributed by atoms with E-state index in [0.29, 0.717) is 0 Å². The zero-order chi connectivity index (χ0) is 29.0. The molecule has 0 N–H and O–H groups in total. The van der Waals surface area contributed by atoms with E-state index in [1.54, 1.807) is 22.7 Å². The maximum absolute atomic E-state index is 4.88. The van der Waals surface area contributed by atoms with Crippen molar-refractivity contribution < 1.29 is 0 Å². The molecule has 4 heteroatoms. The van der Waals surface area contributed by atoms with E-state index in [0.717, 1.165) is 32.2 Å². The highest BCUT2D eigenvalue weighted by atomic mass is 32.1. The number of benzene rings is 7. The molecule has 7 aromatic carbocycles. The molecule has 2 aromatic heterocycles. The first-order valence-electron chi connectivity index (χ1n) is 14.7. The van der Waals surface area contributed by atoms with Crippen molar-refractivity contribution in [1.82, 2.24) is 9.97 Å². The van der Waals surface area contributed by atoms with Crippen LogP contribution < -0.4 is 0 Å². The highest BCUT2D eigenvalue weighted by Gasteiger charge is 2.17. The predicted molar refractivity (Wildman–Crippen MR) is 190 cm³/mol. The highest BCUT2D eigenvalue weighted by molar-refractivity contribution is 7.22. The second-order valence-electron chi connectivity index (χ2n) is 11.0. The van der Waals surface area contributed by atoms with Crippen LogP contribution in [0.2, 0.25) is 0 Å². The van der Waals surface area contributed by atoms with Crippen molar-refractivity contribution in [3.05, 3.63) is 146 Å². The summed E-state index contributed by atoms with van der Waals surface area (Å²) >= 11 is 3.49. The molecule has 0 aliphatic carbocycles. The maximum atomic E-state index is 4.88. The lowest BCUT2D eigenvalue weighted by Crippen LogP contribution is -1.91. The third-order valence-corrected chi connectivity index (χ3v) is 10.5. The van der Waals surface area contributed by atoms with Crippen LogP contribution in [0.3, 0.4) is 0 Å². The lowest BCUT2D eigenvalue weighted by Gasteiger charge is -2.18. The van der Waals surface area contributed by atoms with E-state index in [2.05, 4.69) is 133 Å². The minimum absolute atomic E-state index is 1.05. The van der Waals surface area contributed by atoms with Crippen LogP contribution >= 0.6 is 22.7 Å². The van der Waals surface area contributed by atoms with E-state index in [9.17, 15) is 0 Å². The first-order chi connectivity index (χ1) is 21.8. The molecule has 0 radical (unpaired) electrons. The molecule has 2 heterocycles. The van der Waals surface area contributed by atoms with Crippen LogP contribution in [0.5, 0.6) is 0 Å². The van der Waals surface area contributed by atoms with Gasteiger partial charge in [0.15, 0.2) is 0 Å². The van der Waals surface area contributed by atoms with Crippen LogP contribution in [0.25, 0.3) is 85.4 Å². The minimum atomic E-state index is 1.05. The van der Waals surface area contributed by atoms with Gasteiger partial charge in [-0.2, -0.15) is 0 Å². The van der Waals surface area contributed by atoms with Crippen LogP contribution in [0.1, 0.15) is 0 Å². The van der Waals surface area contributed by atoms with Crippen LogP contribution in [-0.2, 0) is 0 Å². The van der Waals surface area contributed by atoms with Crippen LogP contribution in [-0.4, -0.2) is 9.97 Å². The van der Waals surface area contributed by atoms with Crippen LogP contribution in [0.15, 0.2) is 146 Å². The SMILES string of the molecule is c1ccc2sc(-c3ccc(-c4c5ccccc5c(-c5ccc(-c6nc7ccccc7s6)cc5)c5ccccc45)cc3)nc2c1. The molecule has 9 rings (SSSR count). The molecule has 0 fully saturated rings. The Bertz CT molecular complexity index is 2190. The van der Waals surface area contributed by atoms with Gasteiger partial charge in [-0.05, 0) is 68.1 Å². The summed E-state index contributed by atoms with van der Waals surface area (Å²) in [4.78, 5) is 9.76. The van der Waals surface area contributed by atoms with Gasteiger partial charge in [0.05, 0.1) is 20.4 Å². The number of aromatic nitrogens is 2. The molecule has 0 saturated heterocycles. The van der Waals surface area contributed by atoms with Gasteiger partial charge in [-0.25, -0.2) is 9.97 Å². The molecule has 0 bridgehead atoms. The molecule has 0 spiro atoms. The van der Waals surface area contributed by atoms with Gasteiger partial charge in [0, 0.05) is 11.1 Å². The van der Waals surface area contributed by atoms with Gasteiger partial charge >= 0.3 is 0 Å². The van der Waals surface area contributed by atoms with Crippen molar-refractivity contribution in [2.75, 3.05) is 0 Å². The van der Waals surface area contributed by atoms with E-state index in [1.165, 1.54) is 53.2 Å². The Balaban J connectivity index is 1.18. The molecule has 0 saturated carbocycles. The summed E-state index contributed by atoms with van der Waals surface area (Å²) in [5, 5.41) is 7.12. The van der Waals surface area contributed by atoms with Crippen LogP contribution in [0.4, 0.5) is 0 Å². The largest absolute Gasteiger partial charge is 0.236 e. The molecule has 0 amide bonds. The van der Waals surface area contributed by atoms with Crippen molar-refractivity contribution in [2.24, 2.45) is 0 Å². The monoisotopic (exact) mass is 596 g/mol. The molecular formula is C40H24N2S2. The molecule has 0 unspecified atom stereocenters. The first kappa shape index (κ1) is 25.3. The number of para-hydroxylation sites is 2. The minimum Gasteiger partial charge on any atom is -0.236 e. The Hall–Kier alpha value is -5.16. The van der Waals surface area contributed by atoms with E-state index >= 15 is 0 Å². The zero-order valence-electron chi connectivity index (χ0n) is 23.6. The molecule has 44 heavy (non-hydrogen) atoms. The Morgan fingerprint density at radius 2 is 0.636 bits per heavy atom. The zero-order valence-corrected chi connectivity index (χ0v) is 25.2. The fourth-order valence-electron chi connectivity index (χ4n) is 6.30. The summed E-state index contributed by atoms with van der Waals surface area (Å²) in [6.07, 6.45) is 0. The van der Waals surface area contributed by atoms with E-state index in [-0.39, 0.29) is 0 Å². The first-order valence-corrected chi connectivity index (χ1v) is 16.3. The second-order valence-corrected chi connectivity index (χ2v) is 13.0. The number of nitrogens with zero attached hydrogens (tertiary/aromatic N) is 2. The lowest BCUT2D eigenvalue weighted by atomic mass is 9.86. The predicted octanol–water partition coefficient (Wildman–Crippen LogP) is 11.9. The third kappa shape index (κ3) is 4.15. The van der Waals surface area contributed by atoms with E-state index in [4.69, 9.17) is 9.97 Å². The van der Waals surface area contributed by atoms with Gasteiger partial charge in [0.1, 0.15) is 10.0 Å². The molecule has 0 aliphatic rings. The molecule has 0 atom stereocenters. The standard InChI is InChI=1S/C40H24N2S2/c1-2-10-30-29(9-1)37(25-17-21-27(22-18-25)39-41-33-13-5-7-15-35(33)43-39)31-11-3-4-12-32(31)38(30)26-19-23-28(24-20-26)40-42-34-14-6-8-16-36(34)44-40/h1-24H. The summed E-state index contributed by atoms with van der Waals surface area (Å²) in [7, 11) is 0. The normalized spacial score (nSPS) is 11.6. The average Bonchev–Trinajstić information content (AvgIpc) is 3.72. The Kier molecular flexibility index (Phi) is 5.90. The van der Waals surface area contributed by atoms with Crippen molar-refractivity contribution >= 4 is 64.7 Å². The van der Waals surface area contributed by atoms with Crippen LogP contribution in [0, 0.1) is 0 Å². The van der Waals surface area contributed by atoms with Gasteiger partial charge in [0.25, 0.3) is 0 Å². The fourth-order valence-corrected chi connectivity index (χ4v) is 8.24. The topological polar surface area (TPSA) is 25.8 Å².